The number of carbonyl (C=O) groups is 3. The van der Waals surface area contributed by atoms with Crippen LogP contribution in [0.2, 0.25) is 0 Å². The molecule has 0 unspecified atom stereocenters. The smallest absolute Gasteiger partial charge is 0.345 e. The summed E-state index contributed by atoms with van der Waals surface area (Å²) in [6, 6.07) is 6.49. The Kier molecular flexibility index (Phi) is 4.20. The summed E-state index contributed by atoms with van der Waals surface area (Å²) < 4.78 is 9.87. The number of esters is 2. The van der Waals surface area contributed by atoms with Crippen molar-refractivity contribution in [2.75, 3.05) is 12.5 Å². The summed E-state index contributed by atoms with van der Waals surface area (Å²) >= 11 is 5.50. The van der Waals surface area contributed by atoms with Crippen LogP contribution < -0.4 is 0 Å². The fraction of sp³-hybridized carbons (Fsp3) is 0.214. The second-order valence-corrected chi connectivity index (χ2v) is 4.18. The van der Waals surface area contributed by atoms with Crippen LogP contribution in [0.5, 0.6) is 0 Å². The molecule has 1 aromatic carbocycles. The van der Waals surface area contributed by atoms with Crippen LogP contribution in [0.3, 0.4) is 0 Å². The highest BCUT2D eigenvalue weighted by Gasteiger charge is 2.34. The molecule has 5 nitrogen and oxygen atoms in total. The lowest BCUT2D eigenvalue weighted by atomic mass is 10.0. The SMILES string of the molecule is CCOC(=O)/C(C(=O)CCl)=C1/OC(=O)c2ccccc21. The quantitative estimate of drug-likeness (QED) is 0.279. The Labute approximate surface area is 120 Å². The van der Waals surface area contributed by atoms with E-state index < -0.39 is 23.6 Å². The molecule has 1 aromatic rings. The predicted molar refractivity (Wildman–Crippen MR) is 71.1 cm³/mol. The van der Waals surface area contributed by atoms with Gasteiger partial charge in [-0.3, -0.25) is 4.79 Å². The van der Waals surface area contributed by atoms with Crippen LogP contribution in [0.15, 0.2) is 29.8 Å². The first kappa shape index (κ1) is 14.3. The molecule has 0 aromatic heterocycles. The van der Waals surface area contributed by atoms with Gasteiger partial charge in [-0.1, -0.05) is 18.2 Å². The lowest BCUT2D eigenvalue weighted by Gasteiger charge is -2.07. The van der Waals surface area contributed by atoms with Gasteiger partial charge < -0.3 is 9.47 Å². The van der Waals surface area contributed by atoms with Crippen molar-refractivity contribution >= 4 is 35.1 Å². The molecular formula is C14H11ClO5. The fourth-order valence-electron chi connectivity index (χ4n) is 1.85. The largest absolute Gasteiger partial charge is 0.462 e. The first-order valence-electron chi connectivity index (χ1n) is 5.92. The van der Waals surface area contributed by atoms with E-state index >= 15 is 0 Å². The third-order valence-electron chi connectivity index (χ3n) is 2.69. The molecule has 0 spiro atoms. The van der Waals surface area contributed by atoms with Crippen molar-refractivity contribution in [2.45, 2.75) is 6.92 Å². The van der Waals surface area contributed by atoms with E-state index in [0.29, 0.717) is 11.1 Å². The van der Waals surface area contributed by atoms with Crippen molar-refractivity contribution < 1.29 is 23.9 Å². The predicted octanol–water partition coefficient (Wildman–Crippen LogP) is 1.94. The van der Waals surface area contributed by atoms with Crippen molar-refractivity contribution in [3.05, 3.63) is 41.0 Å². The van der Waals surface area contributed by atoms with Gasteiger partial charge in [-0.15, -0.1) is 11.6 Å². The molecule has 1 heterocycles. The molecule has 0 N–H and O–H groups in total. The van der Waals surface area contributed by atoms with Crippen LogP contribution in [-0.4, -0.2) is 30.2 Å². The molecule has 104 valence electrons. The first-order valence-corrected chi connectivity index (χ1v) is 6.45. The Morgan fingerprint density at radius 1 is 1.25 bits per heavy atom. The molecule has 0 saturated carbocycles. The number of ether oxygens (including phenoxy) is 2. The lowest BCUT2D eigenvalue weighted by Crippen LogP contribution is -2.19. The first-order chi connectivity index (χ1) is 9.60. The molecule has 0 atom stereocenters. The Bertz CT molecular complexity index is 618. The van der Waals surface area contributed by atoms with E-state index in [2.05, 4.69) is 0 Å². The van der Waals surface area contributed by atoms with Crippen LogP contribution in [0.4, 0.5) is 0 Å². The number of cyclic esters (lactones) is 1. The highest BCUT2D eigenvalue weighted by atomic mass is 35.5. The summed E-state index contributed by atoms with van der Waals surface area (Å²) in [6.45, 7) is 1.71. The van der Waals surface area contributed by atoms with E-state index in [4.69, 9.17) is 21.1 Å². The van der Waals surface area contributed by atoms with Crippen molar-refractivity contribution in [1.29, 1.82) is 0 Å². The number of rotatable bonds is 4. The minimum absolute atomic E-state index is 0.0882. The maximum absolute atomic E-state index is 11.9. The highest BCUT2D eigenvalue weighted by molar-refractivity contribution is 6.36. The van der Waals surface area contributed by atoms with Gasteiger partial charge in [0.1, 0.15) is 5.57 Å². The zero-order valence-corrected chi connectivity index (χ0v) is 11.4. The number of hydrogen-bond donors (Lipinski definition) is 0. The van der Waals surface area contributed by atoms with E-state index in [1.807, 2.05) is 0 Å². The summed E-state index contributed by atoms with van der Waals surface area (Å²) in [5.74, 6) is -2.60. The zero-order chi connectivity index (χ0) is 14.7. The van der Waals surface area contributed by atoms with Crippen LogP contribution in [0.25, 0.3) is 5.76 Å². The Morgan fingerprint density at radius 2 is 1.90 bits per heavy atom. The van der Waals surface area contributed by atoms with Crippen molar-refractivity contribution in [1.82, 2.24) is 0 Å². The molecule has 0 bridgehead atoms. The van der Waals surface area contributed by atoms with Gasteiger partial charge in [0.2, 0.25) is 0 Å². The molecule has 20 heavy (non-hydrogen) atoms. The molecule has 0 aliphatic carbocycles. The van der Waals surface area contributed by atoms with E-state index in [1.54, 1.807) is 31.2 Å². The number of halogens is 1. The standard InChI is InChI=1S/C14H11ClO5/c1-2-19-14(18)11(10(16)7-15)12-8-5-3-4-6-9(8)13(17)20-12/h3-6H,2,7H2,1H3/b12-11+. The Hall–Kier alpha value is -2.14. The molecular weight excluding hydrogens is 284 g/mol. The molecule has 1 aliphatic rings. The number of Topliss-reactive ketones (excluding diaryl/α,β-unsaturated/α-hetero) is 1. The number of hydrogen-bond acceptors (Lipinski definition) is 5. The fourth-order valence-corrected chi connectivity index (χ4v) is 1.98. The minimum Gasteiger partial charge on any atom is -0.462 e. The molecule has 0 saturated heterocycles. The molecule has 0 amide bonds. The Balaban J connectivity index is 2.60. The van der Waals surface area contributed by atoms with Gasteiger partial charge in [0.25, 0.3) is 0 Å². The maximum Gasteiger partial charge on any atom is 0.345 e. The number of carbonyl (C=O) groups excluding carboxylic acids is 3. The zero-order valence-electron chi connectivity index (χ0n) is 10.6. The lowest BCUT2D eigenvalue weighted by molar-refractivity contribution is -0.139. The second kappa shape index (κ2) is 5.88. The van der Waals surface area contributed by atoms with Gasteiger partial charge in [-0.2, -0.15) is 0 Å². The van der Waals surface area contributed by atoms with E-state index in [0.717, 1.165) is 0 Å². The van der Waals surface area contributed by atoms with Gasteiger partial charge in [0.15, 0.2) is 11.5 Å². The number of ketones is 1. The summed E-state index contributed by atoms with van der Waals surface area (Å²) in [5, 5.41) is 0. The number of alkyl halides is 1. The summed E-state index contributed by atoms with van der Waals surface area (Å²) in [6.07, 6.45) is 0. The van der Waals surface area contributed by atoms with E-state index in [9.17, 15) is 14.4 Å². The van der Waals surface area contributed by atoms with Crippen molar-refractivity contribution in [2.24, 2.45) is 0 Å². The van der Waals surface area contributed by atoms with Crippen molar-refractivity contribution in [3.63, 3.8) is 0 Å². The topological polar surface area (TPSA) is 69.7 Å². The monoisotopic (exact) mass is 294 g/mol. The van der Waals surface area contributed by atoms with E-state index in [-0.39, 0.29) is 17.9 Å². The van der Waals surface area contributed by atoms with Crippen LogP contribution in [0, 0.1) is 0 Å². The minimum atomic E-state index is -0.849. The van der Waals surface area contributed by atoms with Gasteiger partial charge in [-0.05, 0) is 13.0 Å². The third-order valence-corrected chi connectivity index (χ3v) is 2.94. The normalized spacial score (nSPS) is 15.4. The molecule has 0 radical (unpaired) electrons. The second-order valence-electron chi connectivity index (χ2n) is 3.92. The summed E-state index contributed by atoms with van der Waals surface area (Å²) in [5.41, 5.74) is 0.353. The number of benzene rings is 1. The summed E-state index contributed by atoms with van der Waals surface area (Å²) in [7, 11) is 0. The average Bonchev–Trinajstić information content (AvgIpc) is 2.77. The summed E-state index contributed by atoms with van der Waals surface area (Å²) in [4.78, 5) is 35.5. The van der Waals surface area contributed by atoms with Gasteiger partial charge in [-0.25, -0.2) is 9.59 Å². The molecule has 0 fully saturated rings. The third kappa shape index (κ3) is 2.44. The molecule has 6 heteroatoms. The van der Waals surface area contributed by atoms with Crippen molar-refractivity contribution in [3.8, 4) is 0 Å². The average molecular weight is 295 g/mol. The van der Waals surface area contributed by atoms with Gasteiger partial charge >= 0.3 is 11.9 Å². The molecule has 1 aliphatic heterocycles. The van der Waals surface area contributed by atoms with Crippen LogP contribution in [-0.2, 0) is 19.1 Å². The molecule has 2 rings (SSSR count). The number of fused-ring (bicyclic) bond motifs is 1. The van der Waals surface area contributed by atoms with E-state index in [1.165, 1.54) is 0 Å². The highest BCUT2D eigenvalue weighted by Crippen LogP contribution is 2.32. The Morgan fingerprint density at radius 3 is 2.50 bits per heavy atom. The van der Waals surface area contributed by atoms with Crippen LogP contribution >= 0.6 is 11.6 Å². The van der Waals surface area contributed by atoms with Gasteiger partial charge in [0, 0.05) is 5.56 Å². The maximum atomic E-state index is 11.9. The van der Waals surface area contributed by atoms with Gasteiger partial charge in [0.05, 0.1) is 18.1 Å². The van der Waals surface area contributed by atoms with Crippen LogP contribution in [0.1, 0.15) is 22.8 Å².